The maximum absolute atomic E-state index is 13.5. The van der Waals surface area contributed by atoms with Gasteiger partial charge in [0.2, 0.25) is 17.7 Å². The SMILES string of the molecule is CCN(C(=O)CN(CCOC)C(=O)CN(C(=O)CNC1CC(C)(C)N(O)C(C)(C)C1)C(C)COC)C(C)COC. The van der Waals surface area contributed by atoms with Gasteiger partial charge in [-0.2, -0.15) is 5.06 Å². The number of carbonyl (C=O) groups excluding carboxylic acids is 3. The summed E-state index contributed by atoms with van der Waals surface area (Å²) in [4.78, 5) is 44.7. The Morgan fingerprint density at radius 3 is 1.88 bits per heavy atom. The van der Waals surface area contributed by atoms with E-state index in [0.717, 1.165) is 0 Å². The van der Waals surface area contributed by atoms with E-state index in [2.05, 4.69) is 5.32 Å². The monoisotopic (exact) mass is 573 g/mol. The van der Waals surface area contributed by atoms with Crippen molar-refractivity contribution in [2.45, 2.75) is 90.5 Å². The molecule has 234 valence electrons. The van der Waals surface area contributed by atoms with Crippen molar-refractivity contribution in [3.8, 4) is 0 Å². The second-order valence-electron chi connectivity index (χ2n) is 12.0. The summed E-state index contributed by atoms with van der Waals surface area (Å²) in [5, 5.41) is 15.4. The summed E-state index contributed by atoms with van der Waals surface area (Å²) in [6.45, 7) is 14.9. The van der Waals surface area contributed by atoms with Gasteiger partial charge in [-0.15, -0.1) is 0 Å². The zero-order valence-electron chi connectivity index (χ0n) is 26.5. The second kappa shape index (κ2) is 16.6. The first-order chi connectivity index (χ1) is 18.6. The van der Waals surface area contributed by atoms with Crippen LogP contribution in [0.5, 0.6) is 0 Å². The number of hydrogen-bond acceptors (Lipinski definition) is 9. The highest BCUT2D eigenvalue weighted by Crippen LogP contribution is 2.36. The highest BCUT2D eigenvalue weighted by atomic mass is 16.5. The Hall–Kier alpha value is -1.83. The third-order valence-electron chi connectivity index (χ3n) is 7.59. The molecule has 40 heavy (non-hydrogen) atoms. The van der Waals surface area contributed by atoms with Crippen LogP contribution in [0.4, 0.5) is 0 Å². The summed E-state index contributed by atoms with van der Waals surface area (Å²) in [7, 11) is 4.67. The summed E-state index contributed by atoms with van der Waals surface area (Å²) >= 11 is 0. The van der Waals surface area contributed by atoms with Gasteiger partial charge in [-0.25, -0.2) is 0 Å². The molecular formula is C28H55N5O7. The molecule has 2 N–H and O–H groups in total. The lowest BCUT2D eigenvalue weighted by Crippen LogP contribution is -2.63. The smallest absolute Gasteiger partial charge is 0.242 e. The molecule has 0 aromatic carbocycles. The number of ether oxygens (including phenoxy) is 3. The quantitative estimate of drug-likeness (QED) is 0.264. The molecule has 3 amide bonds. The number of methoxy groups -OCH3 is 3. The van der Waals surface area contributed by atoms with Crippen LogP contribution in [0.3, 0.4) is 0 Å². The maximum Gasteiger partial charge on any atom is 0.242 e. The molecule has 2 atom stereocenters. The third-order valence-corrected chi connectivity index (χ3v) is 7.59. The van der Waals surface area contributed by atoms with E-state index in [-0.39, 0.29) is 75.2 Å². The second-order valence-corrected chi connectivity index (χ2v) is 12.0. The first-order valence-corrected chi connectivity index (χ1v) is 14.2. The molecule has 1 rings (SSSR count). The minimum absolute atomic E-state index is 0.0116. The van der Waals surface area contributed by atoms with Crippen LogP contribution in [0.25, 0.3) is 0 Å². The molecular weight excluding hydrogens is 518 g/mol. The summed E-state index contributed by atoms with van der Waals surface area (Å²) in [5.74, 6) is -0.767. The minimum Gasteiger partial charge on any atom is -0.383 e. The number of amides is 3. The van der Waals surface area contributed by atoms with Crippen LogP contribution >= 0.6 is 0 Å². The standard InChI is InChI=1S/C28H55N5O7/c1-11-31(21(2)19-39-9)26(36)17-30(12-13-38-8)25(35)18-32(22(3)20-40-10)24(34)16-29-23-14-27(4,5)33(37)28(6,7)15-23/h21-23,29,37H,11-20H2,1-10H3. The van der Waals surface area contributed by atoms with E-state index in [1.807, 2.05) is 48.5 Å². The van der Waals surface area contributed by atoms with Crippen LogP contribution in [0.2, 0.25) is 0 Å². The molecule has 0 saturated carbocycles. The van der Waals surface area contributed by atoms with Gasteiger partial charge in [0, 0.05) is 51.5 Å². The number of carbonyl (C=O) groups is 3. The molecule has 0 radical (unpaired) electrons. The first kappa shape index (κ1) is 36.2. The number of rotatable bonds is 17. The molecule has 1 aliphatic heterocycles. The van der Waals surface area contributed by atoms with E-state index in [4.69, 9.17) is 14.2 Å². The number of piperidine rings is 1. The van der Waals surface area contributed by atoms with Gasteiger partial charge in [0.25, 0.3) is 0 Å². The predicted octanol–water partition coefficient (Wildman–Crippen LogP) is 1.21. The van der Waals surface area contributed by atoms with Crippen molar-refractivity contribution >= 4 is 17.7 Å². The number of hydrogen-bond donors (Lipinski definition) is 2. The Labute approximate surface area is 241 Å². The van der Waals surface area contributed by atoms with E-state index in [0.29, 0.717) is 26.0 Å². The van der Waals surface area contributed by atoms with E-state index in [1.165, 1.54) is 22.0 Å². The van der Waals surface area contributed by atoms with Gasteiger partial charge in [-0.05, 0) is 61.3 Å². The normalized spacial score (nSPS) is 18.7. The van der Waals surface area contributed by atoms with Gasteiger partial charge in [0.15, 0.2) is 0 Å². The zero-order chi connectivity index (χ0) is 30.7. The molecule has 12 nitrogen and oxygen atoms in total. The van der Waals surface area contributed by atoms with Crippen LogP contribution in [-0.4, -0.2) is 146 Å². The van der Waals surface area contributed by atoms with E-state index in [1.54, 1.807) is 19.1 Å². The fourth-order valence-electron chi connectivity index (χ4n) is 5.63. The molecule has 1 aliphatic rings. The predicted molar refractivity (Wildman–Crippen MR) is 153 cm³/mol. The van der Waals surface area contributed by atoms with Crippen molar-refractivity contribution in [3.63, 3.8) is 0 Å². The first-order valence-electron chi connectivity index (χ1n) is 14.2. The van der Waals surface area contributed by atoms with Gasteiger partial charge in [-0.1, -0.05) is 0 Å². The van der Waals surface area contributed by atoms with Crippen molar-refractivity contribution in [3.05, 3.63) is 0 Å². The molecule has 1 saturated heterocycles. The van der Waals surface area contributed by atoms with Gasteiger partial charge in [0.05, 0.1) is 45.0 Å². The van der Waals surface area contributed by atoms with Crippen LogP contribution in [0.15, 0.2) is 0 Å². The summed E-state index contributed by atoms with van der Waals surface area (Å²) in [6.07, 6.45) is 1.32. The van der Waals surface area contributed by atoms with Gasteiger partial charge < -0.3 is 39.4 Å². The molecule has 0 spiro atoms. The number of hydroxylamine groups is 2. The van der Waals surface area contributed by atoms with Gasteiger partial charge in [0.1, 0.15) is 6.54 Å². The Bertz CT molecular complexity index is 792. The van der Waals surface area contributed by atoms with E-state index >= 15 is 0 Å². The average Bonchev–Trinajstić information content (AvgIpc) is 2.87. The lowest BCUT2D eigenvalue weighted by molar-refractivity contribution is -0.246. The molecule has 12 heteroatoms. The summed E-state index contributed by atoms with van der Waals surface area (Å²) in [5.41, 5.74) is -0.911. The van der Waals surface area contributed by atoms with Gasteiger partial charge >= 0.3 is 0 Å². The third kappa shape index (κ3) is 10.5. The molecule has 2 unspecified atom stereocenters. The van der Waals surface area contributed by atoms with E-state index < -0.39 is 11.1 Å². The highest BCUT2D eigenvalue weighted by molar-refractivity contribution is 5.89. The largest absolute Gasteiger partial charge is 0.383 e. The molecule has 0 aromatic heterocycles. The van der Waals surface area contributed by atoms with Crippen molar-refractivity contribution in [1.29, 1.82) is 0 Å². The summed E-state index contributed by atoms with van der Waals surface area (Å²) < 4.78 is 15.7. The van der Waals surface area contributed by atoms with Crippen LogP contribution in [0, 0.1) is 0 Å². The lowest BCUT2D eigenvalue weighted by atomic mass is 9.79. The molecule has 0 aromatic rings. The Balaban J connectivity index is 3.01. The topological polar surface area (TPSA) is 124 Å². The molecule has 1 fully saturated rings. The highest BCUT2D eigenvalue weighted by Gasteiger charge is 2.45. The number of nitrogens with one attached hydrogen (secondary N) is 1. The zero-order valence-corrected chi connectivity index (χ0v) is 26.5. The fraction of sp³-hybridized carbons (Fsp3) is 0.893. The molecule has 0 bridgehead atoms. The molecule has 1 heterocycles. The Morgan fingerprint density at radius 2 is 1.40 bits per heavy atom. The maximum atomic E-state index is 13.5. The fourth-order valence-corrected chi connectivity index (χ4v) is 5.63. The molecule has 0 aliphatic carbocycles. The van der Waals surface area contributed by atoms with Crippen LogP contribution in [-0.2, 0) is 28.6 Å². The number of nitrogens with zero attached hydrogens (tertiary/aromatic N) is 4. The Morgan fingerprint density at radius 1 is 0.875 bits per heavy atom. The lowest BCUT2D eigenvalue weighted by Gasteiger charge is -2.51. The van der Waals surface area contributed by atoms with E-state index in [9.17, 15) is 19.6 Å². The van der Waals surface area contributed by atoms with Crippen molar-refractivity contribution < 1.29 is 33.8 Å². The van der Waals surface area contributed by atoms with Crippen molar-refractivity contribution in [1.82, 2.24) is 25.1 Å². The minimum atomic E-state index is -0.455. The number of likely N-dealkylation sites (N-methyl/N-ethyl adjacent to an activating group) is 1. The summed E-state index contributed by atoms with van der Waals surface area (Å²) in [6, 6.07) is -0.484. The van der Waals surface area contributed by atoms with Gasteiger partial charge in [-0.3, -0.25) is 14.4 Å². The van der Waals surface area contributed by atoms with Crippen molar-refractivity contribution in [2.24, 2.45) is 0 Å². The van der Waals surface area contributed by atoms with Crippen molar-refractivity contribution in [2.75, 3.05) is 73.9 Å². The Kier molecular flexibility index (Phi) is 15.0. The van der Waals surface area contributed by atoms with Crippen LogP contribution in [0.1, 0.15) is 61.3 Å². The average molecular weight is 574 g/mol. The van der Waals surface area contributed by atoms with Crippen LogP contribution < -0.4 is 5.32 Å².